The van der Waals surface area contributed by atoms with Crippen LogP contribution in [0.1, 0.15) is 6.42 Å². The molecule has 0 bridgehead atoms. The zero-order valence-corrected chi connectivity index (χ0v) is 9.05. The highest BCUT2D eigenvalue weighted by atomic mass is 32.2. The van der Waals surface area contributed by atoms with Crippen LogP contribution >= 0.6 is 23.5 Å². The molecule has 0 aromatic heterocycles. The van der Waals surface area contributed by atoms with Gasteiger partial charge in [-0.2, -0.15) is 23.5 Å². The molecule has 0 saturated carbocycles. The van der Waals surface area contributed by atoms with E-state index in [0.29, 0.717) is 0 Å². The van der Waals surface area contributed by atoms with Crippen LogP contribution in [0.4, 0.5) is 0 Å². The lowest BCUT2D eigenvalue weighted by atomic mass is 10.4. The van der Waals surface area contributed by atoms with E-state index in [1.165, 1.54) is 23.8 Å². The van der Waals surface area contributed by atoms with Gasteiger partial charge in [-0.25, -0.2) is 0 Å². The minimum Gasteiger partial charge on any atom is -0.315 e. The molecule has 1 unspecified atom stereocenters. The number of hydrogen-bond acceptors (Lipinski definition) is 3. The lowest BCUT2D eigenvalue weighted by Gasteiger charge is -2.20. The second kappa shape index (κ2) is 6.87. The van der Waals surface area contributed by atoms with E-state index in [2.05, 4.69) is 35.4 Å². The average molecular weight is 203 g/mol. The predicted molar refractivity (Wildman–Crippen MR) is 61.3 cm³/mol. The Hall–Kier alpha value is 0.400. The number of thioether (sulfide) groups is 2. The summed E-state index contributed by atoms with van der Waals surface area (Å²) < 4.78 is 0. The Kier molecular flexibility index (Phi) is 6.00. The standard InChI is InChI=1S/C9H17NS2/c1-2-3-4-10-7-9-8-11-5-6-12-9/h2,9-10H,1,3-8H2. The van der Waals surface area contributed by atoms with Crippen LogP contribution in [0, 0.1) is 0 Å². The van der Waals surface area contributed by atoms with Gasteiger partial charge in [0, 0.05) is 29.1 Å². The summed E-state index contributed by atoms with van der Waals surface area (Å²) in [4.78, 5) is 0. The number of rotatable bonds is 5. The van der Waals surface area contributed by atoms with Crippen molar-refractivity contribution in [2.45, 2.75) is 11.7 Å². The molecular weight excluding hydrogens is 186 g/mol. The molecule has 1 heterocycles. The molecule has 1 nitrogen and oxygen atoms in total. The second-order valence-electron chi connectivity index (χ2n) is 2.85. The lowest BCUT2D eigenvalue weighted by molar-refractivity contribution is 0.689. The number of hydrogen-bond donors (Lipinski definition) is 1. The first-order chi connectivity index (χ1) is 5.93. The molecule has 1 aliphatic rings. The molecule has 1 fully saturated rings. The molecule has 1 saturated heterocycles. The van der Waals surface area contributed by atoms with Crippen molar-refractivity contribution < 1.29 is 0 Å². The van der Waals surface area contributed by atoms with Gasteiger partial charge in [0.05, 0.1) is 0 Å². The lowest BCUT2D eigenvalue weighted by Crippen LogP contribution is -2.29. The van der Waals surface area contributed by atoms with Gasteiger partial charge in [0.15, 0.2) is 0 Å². The molecular formula is C9H17NS2. The molecule has 1 aliphatic heterocycles. The summed E-state index contributed by atoms with van der Waals surface area (Å²) in [7, 11) is 0. The van der Waals surface area contributed by atoms with Crippen LogP contribution in [-0.2, 0) is 0 Å². The van der Waals surface area contributed by atoms with Crippen LogP contribution in [0.15, 0.2) is 12.7 Å². The van der Waals surface area contributed by atoms with E-state index < -0.39 is 0 Å². The Labute approximate surface area is 83.8 Å². The van der Waals surface area contributed by atoms with Gasteiger partial charge in [0.2, 0.25) is 0 Å². The fourth-order valence-electron chi connectivity index (χ4n) is 1.12. The quantitative estimate of drug-likeness (QED) is 0.542. The van der Waals surface area contributed by atoms with Crippen molar-refractivity contribution in [1.29, 1.82) is 0 Å². The summed E-state index contributed by atoms with van der Waals surface area (Å²) in [6.07, 6.45) is 3.06. The normalized spacial score (nSPS) is 23.8. The van der Waals surface area contributed by atoms with E-state index in [4.69, 9.17) is 0 Å². The van der Waals surface area contributed by atoms with E-state index >= 15 is 0 Å². The van der Waals surface area contributed by atoms with E-state index in [-0.39, 0.29) is 0 Å². The molecule has 0 amide bonds. The largest absolute Gasteiger partial charge is 0.315 e. The molecule has 0 spiro atoms. The predicted octanol–water partition coefficient (Wildman–Crippen LogP) is 2.00. The Morgan fingerprint density at radius 1 is 1.50 bits per heavy atom. The Morgan fingerprint density at radius 3 is 3.08 bits per heavy atom. The third-order valence-electron chi connectivity index (χ3n) is 1.78. The maximum Gasteiger partial charge on any atom is 0.0263 e. The van der Waals surface area contributed by atoms with Gasteiger partial charge in [-0.3, -0.25) is 0 Å². The highest BCUT2D eigenvalue weighted by molar-refractivity contribution is 8.06. The summed E-state index contributed by atoms with van der Waals surface area (Å²) >= 11 is 4.20. The van der Waals surface area contributed by atoms with E-state index in [1.54, 1.807) is 0 Å². The van der Waals surface area contributed by atoms with Crippen molar-refractivity contribution in [2.75, 3.05) is 30.3 Å². The molecule has 1 N–H and O–H groups in total. The van der Waals surface area contributed by atoms with Crippen molar-refractivity contribution in [3.63, 3.8) is 0 Å². The van der Waals surface area contributed by atoms with Crippen LogP contribution in [0.5, 0.6) is 0 Å². The Balaban J connectivity index is 1.94. The average Bonchev–Trinajstić information content (AvgIpc) is 2.14. The maximum atomic E-state index is 3.70. The molecule has 12 heavy (non-hydrogen) atoms. The molecule has 3 heteroatoms. The molecule has 70 valence electrons. The zero-order valence-electron chi connectivity index (χ0n) is 7.42. The Bertz CT molecular complexity index is 122. The van der Waals surface area contributed by atoms with E-state index in [1.807, 2.05) is 6.08 Å². The highest BCUT2D eigenvalue weighted by Gasteiger charge is 2.12. The van der Waals surface area contributed by atoms with Crippen molar-refractivity contribution >= 4 is 23.5 Å². The fraction of sp³-hybridized carbons (Fsp3) is 0.778. The van der Waals surface area contributed by atoms with Crippen LogP contribution in [-0.4, -0.2) is 35.6 Å². The van der Waals surface area contributed by atoms with Gasteiger partial charge >= 0.3 is 0 Å². The van der Waals surface area contributed by atoms with Gasteiger partial charge < -0.3 is 5.32 Å². The summed E-state index contributed by atoms with van der Waals surface area (Å²) in [6, 6.07) is 0. The van der Waals surface area contributed by atoms with Crippen molar-refractivity contribution in [3.05, 3.63) is 12.7 Å². The van der Waals surface area contributed by atoms with Crippen molar-refractivity contribution in [1.82, 2.24) is 5.32 Å². The first-order valence-electron chi connectivity index (χ1n) is 4.44. The third kappa shape index (κ3) is 4.43. The smallest absolute Gasteiger partial charge is 0.0263 e. The maximum absolute atomic E-state index is 3.70. The van der Waals surface area contributed by atoms with Gasteiger partial charge in [-0.1, -0.05) is 6.08 Å². The first-order valence-corrected chi connectivity index (χ1v) is 6.65. The summed E-state index contributed by atoms with van der Waals surface area (Å²) in [6.45, 7) is 5.96. The van der Waals surface area contributed by atoms with Crippen LogP contribution in [0.3, 0.4) is 0 Å². The summed E-state index contributed by atoms with van der Waals surface area (Å²) in [5.74, 6) is 4.00. The highest BCUT2D eigenvalue weighted by Crippen LogP contribution is 2.23. The molecule has 0 aromatic rings. The third-order valence-corrected chi connectivity index (χ3v) is 4.63. The second-order valence-corrected chi connectivity index (χ2v) is 5.41. The summed E-state index contributed by atoms with van der Waals surface area (Å²) in [5, 5.41) is 4.29. The fourth-order valence-corrected chi connectivity index (χ4v) is 3.77. The molecule has 0 aliphatic carbocycles. The molecule has 1 rings (SSSR count). The van der Waals surface area contributed by atoms with Crippen LogP contribution in [0.2, 0.25) is 0 Å². The zero-order chi connectivity index (χ0) is 8.65. The SMILES string of the molecule is C=CCCNCC1CSCCS1. The van der Waals surface area contributed by atoms with Crippen LogP contribution < -0.4 is 5.32 Å². The number of nitrogens with one attached hydrogen (secondary N) is 1. The molecule has 0 aromatic carbocycles. The molecule has 0 radical (unpaired) electrons. The van der Waals surface area contributed by atoms with Crippen LogP contribution in [0.25, 0.3) is 0 Å². The topological polar surface area (TPSA) is 12.0 Å². The van der Waals surface area contributed by atoms with Gasteiger partial charge in [-0.15, -0.1) is 6.58 Å². The van der Waals surface area contributed by atoms with Gasteiger partial charge in [0.25, 0.3) is 0 Å². The van der Waals surface area contributed by atoms with Crippen molar-refractivity contribution in [2.24, 2.45) is 0 Å². The minimum atomic E-state index is 0.841. The Morgan fingerprint density at radius 2 is 2.42 bits per heavy atom. The molecule has 1 atom stereocenters. The van der Waals surface area contributed by atoms with Gasteiger partial charge in [-0.05, 0) is 13.0 Å². The minimum absolute atomic E-state index is 0.841. The first kappa shape index (κ1) is 10.5. The van der Waals surface area contributed by atoms with Gasteiger partial charge in [0.1, 0.15) is 0 Å². The monoisotopic (exact) mass is 203 g/mol. The van der Waals surface area contributed by atoms with E-state index in [0.717, 1.165) is 18.2 Å². The van der Waals surface area contributed by atoms with Crippen molar-refractivity contribution in [3.8, 4) is 0 Å². The van der Waals surface area contributed by atoms with E-state index in [9.17, 15) is 0 Å². The summed E-state index contributed by atoms with van der Waals surface area (Å²) in [5.41, 5.74) is 0.